The molecule has 0 spiro atoms. The SMILES string of the molecule is C[N+](C)(CCCCOc1ccccc1Cl)Cc1ccc([N+](=O)[O-])o1. The predicted molar refractivity (Wildman–Crippen MR) is 92.2 cm³/mol. The molecule has 0 aliphatic heterocycles. The highest BCUT2D eigenvalue weighted by Gasteiger charge is 2.20. The first-order valence-corrected chi connectivity index (χ1v) is 8.18. The Morgan fingerprint density at radius 3 is 2.62 bits per heavy atom. The van der Waals surface area contributed by atoms with Crippen molar-refractivity contribution in [3.63, 3.8) is 0 Å². The minimum Gasteiger partial charge on any atom is -0.492 e. The Bertz CT molecular complexity index is 685. The van der Waals surface area contributed by atoms with Crippen LogP contribution in [0.3, 0.4) is 0 Å². The van der Waals surface area contributed by atoms with Crippen molar-refractivity contribution in [1.82, 2.24) is 0 Å². The molecule has 0 saturated carbocycles. The van der Waals surface area contributed by atoms with E-state index in [4.69, 9.17) is 20.8 Å². The number of hydrogen-bond acceptors (Lipinski definition) is 4. The molecule has 0 N–H and O–H groups in total. The molecule has 1 aromatic carbocycles. The van der Waals surface area contributed by atoms with E-state index >= 15 is 0 Å². The third-order valence-corrected chi connectivity index (χ3v) is 3.98. The Labute approximate surface area is 146 Å². The standard InChI is InChI=1S/C17H22ClN2O4/c1-20(2,13-14-9-10-17(24-14)19(21)22)11-5-6-12-23-16-8-4-3-7-15(16)18/h3-4,7-10H,5-6,11-13H2,1-2H3/q+1. The van der Waals surface area contributed by atoms with Crippen LogP contribution in [0.15, 0.2) is 40.8 Å². The number of halogens is 1. The van der Waals surface area contributed by atoms with E-state index in [1.54, 1.807) is 12.1 Å². The van der Waals surface area contributed by atoms with Crippen LogP contribution in [-0.2, 0) is 6.54 Å². The average molecular weight is 354 g/mol. The normalized spacial score (nSPS) is 11.5. The molecule has 1 aromatic heterocycles. The number of nitro groups is 1. The number of furan rings is 1. The third kappa shape index (κ3) is 5.54. The molecule has 0 unspecified atom stereocenters. The highest BCUT2D eigenvalue weighted by Crippen LogP contribution is 2.23. The first-order valence-electron chi connectivity index (χ1n) is 7.80. The van der Waals surface area contributed by atoms with E-state index in [9.17, 15) is 10.1 Å². The second kappa shape index (κ2) is 8.17. The lowest BCUT2D eigenvalue weighted by Crippen LogP contribution is -2.39. The monoisotopic (exact) mass is 353 g/mol. The van der Waals surface area contributed by atoms with Crippen LogP contribution >= 0.6 is 11.6 Å². The van der Waals surface area contributed by atoms with E-state index < -0.39 is 4.92 Å². The second-order valence-corrected chi connectivity index (χ2v) is 6.71. The van der Waals surface area contributed by atoms with Gasteiger partial charge < -0.3 is 13.6 Å². The molecule has 2 aromatic rings. The Hall–Kier alpha value is -2.05. The summed E-state index contributed by atoms with van der Waals surface area (Å²) in [4.78, 5) is 10.1. The fourth-order valence-corrected chi connectivity index (χ4v) is 2.63. The van der Waals surface area contributed by atoms with E-state index in [1.807, 2.05) is 18.2 Å². The molecule has 0 bridgehead atoms. The Kier molecular flexibility index (Phi) is 6.23. The molecule has 0 fully saturated rings. The zero-order valence-corrected chi connectivity index (χ0v) is 14.7. The van der Waals surface area contributed by atoms with Gasteiger partial charge in [-0.1, -0.05) is 23.7 Å². The highest BCUT2D eigenvalue weighted by atomic mass is 35.5. The van der Waals surface area contributed by atoms with Crippen LogP contribution in [0.2, 0.25) is 5.02 Å². The van der Waals surface area contributed by atoms with Gasteiger partial charge in [0.1, 0.15) is 17.2 Å². The van der Waals surface area contributed by atoms with Gasteiger partial charge in [-0.15, -0.1) is 0 Å². The lowest BCUT2D eigenvalue weighted by Gasteiger charge is -2.28. The van der Waals surface area contributed by atoms with Gasteiger partial charge >= 0.3 is 5.88 Å². The maximum absolute atomic E-state index is 10.6. The summed E-state index contributed by atoms with van der Waals surface area (Å²) in [6.07, 6.45) is 1.88. The van der Waals surface area contributed by atoms with Gasteiger partial charge in [0.2, 0.25) is 0 Å². The van der Waals surface area contributed by atoms with Crippen LogP contribution in [0, 0.1) is 10.1 Å². The van der Waals surface area contributed by atoms with Crippen molar-refractivity contribution in [3.05, 3.63) is 57.3 Å². The summed E-state index contributed by atoms with van der Waals surface area (Å²) >= 11 is 6.04. The molecule has 130 valence electrons. The molecule has 0 aliphatic rings. The first-order chi connectivity index (χ1) is 11.4. The Morgan fingerprint density at radius 1 is 1.21 bits per heavy atom. The van der Waals surface area contributed by atoms with Crippen LogP contribution in [0.1, 0.15) is 18.6 Å². The number of nitrogens with zero attached hydrogens (tertiary/aromatic N) is 2. The molecule has 0 saturated heterocycles. The Balaban J connectivity index is 1.72. The topological polar surface area (TPSA) is 65.5 Å². The summed E-state index contributed by atoms with van der Waals surface area (Å²) in [6, 6.07) is 10.5. The van der Waals surface area contributed by atoms with E-state index in [1.165, 1.54) is 6.07 Å². The van der Waals surface area contributed by atoms with Crippen LogP contribution in [0.4, 0.5) is 5.88 Å². The molecular formula is C17H22ClN2O4+. The fraction of sp³-hybridized carbons (Fsp3) is 0.412. The average Bonchev–Trinajstić information content (AvgIpc) is 2.96. The van der Waals surface area contributed by atoms with Gasteiger partial charge in [-0.3, -0.25) is 10.1 Å². The molecule has 24 heavy (non-hydrogen) atoms. The molecule has 0 amide bonds. The minimum atomic E-state index is -0.518. The molecule has 7 heteroatoms. The van der Waals surface area contributed by atoms with Crippen molar-refractivity contribution in [2.75, 3.05) is 27.2 Å². The number of para-hydroxylation sites is 1. The molecular weight excluding hydrogens is 332 g/mol. The summed E-state index contributed by atoms with van der Waals surface area (Å²) in [5.41, 5.74) is 0. The van der Waals surface area contributed by atoms with Crippen LogP contribution in [0.25, 0.3) is 0 Å². The lowest BCUT2D eigenvalue weighted by molar-refractivity contribution is -0.904. The molecule has 0 atom stereocenters. The van der Waals surface area contributed by atoms with Gasteiger partial charge in [0, 0.05) is 0 Å². The maximum atomic E-state index is 10.6. The molecule has 1 heterocycles. The molecule has 0 aliphatic carbocycles. The minimum absolute atomic E-state index is 0.210. The summed E-state index contributed by atoms with van der Waals surface area (Å²) in [6.45, 7) is 2.13. The maximum Gasteiger partial charge on any atom is 0.433 e. The van der Waals surface area contributed by atoms with Crippen molar-refractivity contribution in [3.8, 4) is 5.75 Å². The fourth-order valence-electron chi connectivity index (χ4n) is 2.44. The summed E-state index contributed by atoms with van der Waals surface area (Å²) in [5, 5.41) is 11.3. The summed E-state index contributed by atoms with van der Waals surface area (Å²) in [5.74, 6) is 1.12. The van der Waals surface area contributed by atoms with E-state index in [-0.39, 0.29) is 5.88 Å². The number of unbranched alkanes of at least 4 members (excludes halogenated alkanes) is 1. The largest absolute Gasteiger partial charge is 0.492 e. The van der Waals surface area contributed by atoms with E-state index in [0.717, 1.165) is 19.4 Å². The predicted octanol–water partition coefficient (Wildman–Crippen LogP) is 4.28. The first kappa shape index (κ1) is 18.3. The number of rotatable bonds is 9. The van der Waals surface area contributed by atoms with E-state index in [0.29, 0.717) is 34.2 Å². The van der Waals surface area contributed by atoms with Crippen molar-refractivity contribution in [1.29, 1.82) is 0 Å². The van der Waals surface area contributed by atoms with Gasteiger partial charge in [-0.05, 0) is 31.0 Å². The zero-order chi connectivity index (χ0) is 17.6. The van der Waals surface area contributed by atoms with Gasteiger partial charge in [-0.25, -0.2) is 0 Å². The zero-order valence-electron chi connectivity index (χ0n) is 13.9. The molecule has 6 nitrogen and oxygen atoms in total. The number of quaternary nitrogens is 1. The van der Waals surface area contributed by atoms with Crippen LogP contribution in [-0.4, -0.2) is 36.7 Å². The smallest absolute Gasteiger partial charge is 0.433 e. The second-order valence-electron chi connectivity index (χ2n) is 6.30. The van der Waals surface area contributed by atoms with Crippen molar-refractivity contribution in [2.24, 2.45) is 0 Å². The lowest BCUT2D eigenvalue weighted by atomic mass is 10.2. The highest BCUT2D eigenvalue weighted by molar-refractivity contribution is 6.32. The third-order valence-electron chi connectivity index (χ3n) is 3.66. The van der Waals surface area contributed by atoms with Crippen LogP contribution in [0.5, 0.6) is 5.75 Å². The number of ether oxygens (including phenoxy) is 1. The van der Waals surface area contributed by atoms with Gasteiger partial charge in [0.05, 0.1) is 38.3 Å². The molecule has 2 rings (SSSR count). The van der Waals surface area contributed by atoms with Crippen LogP contribution < -0.4 is 4.74 Å². The van der Waals surface area contributed by atoms with Gasteiger partial charge in [-0.2, -0.15) is 0 Å². The van der Waals surface area contributed by atoms with E-state index in [2.05, 4.69) is 14.1 Å². The van der Waals surface area contributed by atoms with Crippen molar-refractivity contribution in [2.45, 2.75) is 19.4 Å². The van der Waals surface area contributed by atoms with Gasteiger partial charge in [0.25, 0.3) is 0 Å². The quantitative estimate of drug-likeness (QED) is 0.292. The number of hydrogen-bond donors (Lipinski definition) is 0. The number of benzene rings is 1. The Morgan fingerprint density at radius 2 is 1.96 bits per heavy atom. The van der Waals surface area contributed by atoms with Crippen molar-refractivity contribution >= 4 is 17.5 Å². The van der Waals surface area contributed by atoms with Crippen molar-refractivity contribution < 1.29 is 18.6 Å². The summed E-state index contributed by atoms with van der Waals surface area (Å²) in [7, 11) is 4.15. The molecule has 0 radical (unpaired) electrons. The van der Waals surface area contributed by atoms with Gasteiger partial charge in [0.15, 0.2) is 5.76 Å². The summed E-state index contributed by atoms with van der Waals surface area (Å²) < 4.78 is 11.6.